The molecule has 0 amide bonds. The van der Waals surface area contributed by atoms with E-state index >= 15 is 0 Å². The number of unbranched alkanes of at least 4 members (excludes halogenated alkanes) is 2. The highest BCUT2D eigenvalue weighted by Crippen LogP contribution is 1.94. The van der Waals surface area contributed by atoms with Crippen molar-refractivity contribution in [3.63, 3.8) is 0 Å². The number of hydrogen-bond donors (Lipinski definition) is 1. The van der Waals surface area contributed by atoms with E-state index in [2.05, 4.69) is 5.92 Å². The molecule has 64 valence electrons. The highest BCUT2D eigenvalue weighted by Gasteiger charge is 1.81. The Morgan fingerprint density at radius 1 is 1.50 bits per heavy atom. The molecule has 0 spiro atoms. The van der Waals surface area contributed by atoms with Crippen LogP contribution in [0.3, 0.4) is 0 Å². The molecule has 0 aromatic rings. The lowest BCUT2D eigenvalue weighted by molar-refractivity contribution is -0.131. The predicted molar refractivity (Wildman–Crippen MR) is 48.6 cm³/mol. The summed E-state index contributed by atoms with van der Waals surface area (Å²) in [4.78, 5) is 9.99. The van der Waals surface area contributed by atoms with Gasteiger partial charge in [0.1, 0.15) is 0 Å². The number of allylic oxidation sites excluding steroid dienone is 3. The van der Waals surface area contributed by atoms with Crippen LogP contribution in [-0.2, 0) is 4.79 Å². The molecule has 0 heterocycles. The third-order valence-corrected chi connectivity index (χ3v) is 1.18. The van der Waals surface area contributed by atoms with Crippen LogP contribution in [-0.4, -0.2) is 11.1 Å². The highest BCUT2D eigenvalue weighted by molar-refractivity contribution is 5.80. The lowest BCUT2D eigenvalue weighted by atomic mass is 10.2. The Labute approximate surface area is 72.6 Å². The zero-order valence-electron chi connectivity index (χ0n) is 6.86. The molecule has 0 fully saturated rings. The van der Waals surface area contributed by atoms with Gasteiger partial charge in [-0.3, -0.25) is 0 Å². The standard InChI is InChI=1S/C10H12O2/c1-2-3-4-5-6-7-8-9-10(11)12/h1,6-9H,3-5H2,(H,11,12). The first-order valence-corrected chi connectivity index (χ1v) is 3.77. The third kappa shape index (κ3) is 8.51. The second-order valence-electron chi connectivity index (χ2n) is 2.22. The Balaban J connectivity index is 3.38. The van der Waals surface area contributed by atoms with Crippen molar-refractivity contribution in [3.05, 3.63) is 24.3 Å². The minimum Gasteiger partial charge on any atom is -0.478 e. The van der Waals surface area contributed by atoms with Crippen LogP contribution in [0.2, 0.25) is 0 Å². The SMILES string of the molecule is C#CCCCC=CC=CC(=O)O. The first kappa shape index (κ1) is 10.5. The van der Waals surface area contributed by atoms with Crippen LogP contribution in [0.4, 0.5) is 0 Å². The third-order valence-electron chi connectivity index (χ3n) is 1.18. The van der Waals surface area contributed by atoms with Crippen molar-refractivity contribution in [3.8, 4) is 12.3 Å². The average molecular weight is 164 g/mol. The van der Waals surface area contributed by atoms with Gasteiger partial charge in [0.05, 0.1) is 0 Å². The largest absolute Gasteiger partial charge is 0.478 e. The molecule has 0 aliphatic heterocycles. The van der Waals surface area contributed by atoms with Crippen LogP contribution >= 0.6 is 0 Å². The Bertz CT molecular complexity index is 218. The van der Waals surface area contributed by atoms with Crippen LogP contribution in [0, 0.1) is 12.3 Å². The second kappa shape index (κ2) is 7.62. The molecule has 12 heavy (non-hydrogen) atoms. The van der Waals surface area contributed by atoms with Crippen LogP contribution in [0.25, 0.3) is 0 Å². The fourth-order valence-corrected chi connectivity index (χ4v) is 0.635. The molecule has 0 aromatic carbocycles. The molecular weight excluding hydrogens is 152 g/mol. The van der Waals surface area contributed by atoms with Crippen molar-refractivity contribution in [2.45, 2.75) is 19.3 Å². The zero-order chi connectivity index (χ0) is 9.23. The van der Waals surface area contributed by atoms with E-state index in [0.717, 1.165) is 25.3 Å². The van der Waals surface area contributed by atoms with E-state index in [9.17, 15) is 4.79 Å². The summed E-state index contributed by atoms with van der Waals surface area (Å²) in [7, 11) is 0. The van der Waals surface area contributed by atoms with E-state index in [4.69, 9.17) is 11.5 Å². The van der Waals surface area contributed by atoms with Gasteiger partial charge in [-0.25, -0.2) is 4.79 Å². The zero-order valence-corrected chi connectivity index (χ0v) is 6.86. The highest BCUT2D eigenvalue weighted by atomic mass is 16.4. The average Bonchev–Trinajstić information content (AvgIpc) is 2.02. The summed E-state index contributed by atoms with van der Waals surface area (Å²) in [5, 5.41) is 8.21. The molecule has 0 rings (SSSR count). The van der Waals surface area contributed by atoms with Gasteiger partial charge in [0.25, 0.3) is 0 Å². The molecule has 0 saturated carbocycles. The maximum absolute atomic E-state index is 9.99. The van der Waals surface area contributed by atoms with E-state index in [-0.39, 0.29) is 0 Å². The van der Waals surface area contributed by atoms with Crippen LogP contribution < -0.4 is 0 Å². The Morgan fingerprint density at radius 2 is 2.25 bits per heavy atom. The van der Waals surface area contributed by atoms with E-state index in [1.54, 1.807) is 6.08 Å². The second-order valence-corrected chi connectivity index (χ2v) is 2.22. The molecule has 0 atom stereocenters. The van der Waals surface area contributed by atoms with Gasteiger partial charge in [-0.15, -0.1) is 12.3 Å². The molecule has 0 aliphatic rings. The van der Waals surface area contributed by atoms with Crippen molar-refractivity contribution >= 4 is 5.97 Å². The summed E-state index contributed by atoms with van der Waals surface area (Å²) in [5.41, 5.74) is 0. The lowest BCUT2D eigenvalue weighted by Crippen LogP contribution is -1.84. The van der Waals surface area contributed by atoms with Gasteiger partial charge in [0.15, 0.2) is 0 Å². The van der Waals surface area contributed by atoms with Crippen molar-refractivity contribution in [1.82, 2.24) is 0 Å². The molecule has 2 nitrogen and oxygen atoms in total. The maximum Gasteiger partial charge on any atom is 0.328 e. The monoisotopic (exact) mass is 164 g/mol. The molecular formula is C10H12O2. The molecule has 0 radical (unpaired) electrons. The smallest absolute Gasteiger partial charge is 0.328 e. The minimum absolute atomic E-state index is 0.771. The molecule has 0 unspecified atom stereocenters. The number of terminal acetylenes is 1. The summed E-state index contributed by atoms with van der Waals surface area (Å²) in [6, 6.07) is 0. The van der Waals surface area contributed by atoms with Crippen molar-refractivity contribution in [1.29, 1.82) is 0 Å². The number of carboxylic acid groups (broad SMARTS) is 1. The van der Waals surface area contributed by atoms with Gasteiger partial charge in [-0.05, 0) is 12.8 Å². The normalized spacial score (nSPS) is 10.6. The minimum atomic E-state index is -0.928. The van der Waals surface area contributed by atoms with Gasteiger partial charge in [0.2, 0.25) is 0 Å². The van der Waals surface area contributed by atoms with Gasteiger partial charge >= 0.3 is 5.97 Å². The van der Waals surface area contributed by atoms with Gasteiger partial charge < -0.3 is 5.11 Å². The molecule has 2 heteroatoms. The van der Waals surface area contributed by atoms with Gasteiger partial charge in [-0.1, -0.05) is 18.2 Å². The number of hydrogen-bond acceptors (Lipinski definition) is 1. The first-order chi connectivity index (χ1) is 5.77. The van der Waals surface area contributed by atoms with Crippen molar-refractivity contribution < 1.29 is 9.90 Å². The van der Waals surface area contributed by atoms with E-state index in [0.29, 0.717) is 0 Å². The molecule has 0 saturated heterocycles. The predicted octanol–water partition coefficient (Wildman–Crippen LogP) is 1.99. The number of carbonyl (C=O) groups is 1. The Hall–Kier alpha value is -1.49. The first-order valence-electron chi connectivity index (χ1n) is 3.77. The summed E-state index contributed by atoms with van der Waals surface area (Å²) in [6.45, 7) is 0. The Kier molecular flexibility index (Phi) is 6.67. The quantitative estimate of drug-likeness (QED) is 0.292. The molecule has 0 aliphatic carbocycles. The molecule has 0 bridgehead atoms. The van der Waals surface area contributed by atoms with Gasteiger partial charge in [0, 0.05) is 12.5 Å². The van der Waals surface area contributed by atoms with Crippen LogP contribution in [0.15, 0.2) is 24.3 Å². The summed E-state index contributed by atoms with van der Waals surface area (Å²) >= 11 is 0. The number of rotatable bonds is 5. The van der Waals surface area contributed by atoms with Gasteiger partial charge in [-0.2, -0.15) is 0 Å². The number of carboxylic acids is 1. The summed E-state index contributed by atoms with van der Waals surface area (Å²) in [5.74, 6) is 1.60. The fraction of sp³-hybridized carbons (Fsp3) is 0.300. The van der Waals surface area contributed by atoms with Crippen LogP contribution in [0.1, 0.15) is 19.3 Å². The summed E-state index contributed by atoms with van der Waals surface area (Å²) in [6.07, 6.45) is 13.9. The number of aliphatic carboxylic acids is 1. The van der Waals surface area contributed by atoms with E-state index < -0.39 is 5.97 Å². The molecule has 1 N–H and O–H groups in total. The lowest BCUT2D eigenvalue weighted by Gasteiger charge is -1.85. The van der Waals surface area contributed by atoms with Crippen LogP contribution in [0.5, 0.6) is 0 Å². The maximum atomic E-state index is 9.99. The molecule has 0 aromatic heterocycles. The van der Waals surface area contributed by atoms with Crippen molar-refractivity contribution in [2.24, 2.45) is 0 Å². The fourth-order valence-electron chi connectivity index (χ4n) is 0.635. The van der Waals surface area contributed by atoms with Crippen molar-refractivity contribution in [2.75, 3.05) is 0 Å². The van der Waals surface area contributed by atoms with E-state index in [1.165, 1.54) is 6.08 Å². The topological polar surface area (TPSA) is 37.3 Å². The Morgan fingerprint density at radius 3 is 2.83 bits per heavy atom. The summed E-state index contributed by atoms with van der Waals surface area (Å²) < 4.78 is 0. The van der Waals surface area contributed by atoms with E-state index in [1.807, 2.05) is 6.08 Å².